The lowest BCUT2D eigenvalue weighted by atomic mass is 9.82. The number of carboxylic acids is 1. The number of unbranched alkanes of at least 4 members (excludes halogenated alkanes) is 1. The minimum Gasteiger partial charge on any atom is -0.481 e. The van der Waals surface area contributed by atoms with Crippen LogP contribution < -0.4 is 0 Å². The van der Waals surface area contributed by atoms with Crippen LogP contribution in [0.1, 0.15) is 73.0 Å². The molecule has 1 unspecified atom stereocenters. The zero-order chi connectivity index (χ0) is 16.9. The van der Waals surface area contributed by atoms with Crippen LogP contribution in [0.2, 0.25) is 0 Å². The summed E-state index contributed by atoms with van der Waals surface area (Å²) in [5, 5.41) is 9.25. The molecule has 0 bridgehead atoms. The van der Waals surface area contributed by atoms with Crippen LogP contribution in [0.4, 0.5) is 0 Å². The van der Waals surface area contributed by atoms with Crippen molar-refractivity contribution >= 4 is 11.8 Å². The van der Waals surface area contributed by atoms with Crippen LogP contribution in [0, 0.1) is 26.2 Å². The number of carbonyl (C=O) groups is 2. The maximum atomic E-state index is 12.4. The third kappa shape index (κ3) is 4.43. The maximum absolute atomic E-state index is 12.4. The summed E-state index contributed by atoms with van der Waals surface area (Å²) in [5.41, 5.74) is 3.41. The third-order valence-corrected chi connectivity index (χ3v) is 4.63. The highest BCUT2D eigenvalue weighted by atomic mass is 16.4. The van der Waals surface area contributed by atoms with E-state index < -0.39 is 11.4 Å². The number of aliphatic carboxylic acids is 1. The van der Waals surface area contributed by atoms with Gasteiger partial charge in [0.15, 0.2) is 5.78 Å². The van der Waals surface area contributed by atoms with Gasteiger partial charge >= 0.3 is 5.97 Å². The molecule has 3 heteroatoms. The molecule has 0 heterocycles. The van der Waals surface area contributed by atoms with Crippen molar-refractivity contribution in [3.05, 3.63) is 34.4 Å². The summed E-state index contributed by atoms with van der Waals surface area (Å²) >= 11 is 0. The van der Waals surface area contributed by atoms with Gasteiger partial charge < -0.3 is 5.11 Å². The summed E-state index contributed by atoms with van der Waals surface area (Å²) < 4.78 is 0. The van der Waals surface area contributed by atoms with E-state index in [9.17, 15) is 14.7 Å². The second-order valence-electron chi connectivity index (χ2n) is 6.62. The Kier molecular flexibility index (Phi) is 6.34. The monoisotopic (exact) mass is 304 g/mol. The van der Waals surface area contributed by atoms with E-state index in [1.54, 1.807) is 6.92 Å². The SMILES string of the molecule is CCC(C)(CCCCC(=O)c1c(C)cc(C)cc1C)C(=O)O. The second-order valence-corrected chi connectivity index (χ2v) is 6.62. The molecule has 0 radical (unpaired) electrons. The minimum absolute atomic E-state index is 0.170. The van der Waals surface area contributed by atoms with E-state index in [0.717, 1.165) is 29.5 Å². The summed E-state index contributed by atoms with van der Waals surface area (Å²) in [7, 11) is 0. The number of hydrogen-bond donors (Lipinski definition) is 1. The van der Waals surface area contributed by atoms with E-state index in [1.807, 2.05) is 39.8 Å². The van der Waals surface area contributed by atoms with Gasteiger partial charge in [0.1, 0.15) is 0 Å². The standard InChI is InChI=1S/C19H28O3/c1-6-19(5,18(21)22)10-8-7-9-16(20)17-14(3)11-13(2)12-15(17)4/h11-12H,6-10H2,1-5H3,(H,21,22). The zero-order valence-electron chi connectivity index (χ0n) is 14.5. The maximum Gasteiger partial charge on any atom is 0.309 e. The lowest BCUT2D eigenvalue weighted by Crippen LogP contribution is -2.26. The normalized spacial score (nSPS) is 13.7. The zero-order valence-corrected chi connectivity index (χ0v) is 14.5. The van der Waals surface area contributed by atoms with E-state index in [1.165, 1.54) is 5.56 Å². The quantitative estimate of drug-likeness (QED) is 0.551. The van der Waals surface area contributed by atoms with Crippen molar-refractivity contribution in [2.24, 2.45) is 5.41 Å². The van der Waals surface area contributed by atoms with Gasteiger partial charge in [0.05, 0.1) is 5.41 Å². The van der Waals surface area contributed by atoms with E-state index in [4.69, 9.17) is 0 Å². The molecule has 0 spiro atoms. The van der Waals surface area contributed by atoms with Gasteiger partial charge in [-0.05, 0) is 58.1 Å². The Bertz CT molecular complexity index is 537. The van der Waals surface area contributed by atoms with Crippen molar-refractivity contribution in [2.45, 2.75) is 66.7 Å². The van der Waals surface area contributed by atoms with E-state index in [0.29, 0.717) is 19.3 Å². The van der Waals surface area contributed by atoms with Gasteiger partial charge in [-0.2, -0.15) is 0 Å². The number of hydrogen-bond acceptors (Lipinski definition) is 2. The first-order chi connectivity index (χ1) is 10.2. The Labute approximate surface area is 133 Å². The van der Waals surface area contributed by atoms with Crippen LogP contribution >= 0.6 is 0 Å². The molecule has 0 fully saturated rings. The topological polar surface area (TPSA) is 54.4 Å². The predicted octanol–water partition coefficient (Wildman–Crippen LogP) is 4.86. The largest absolute Gasteiger partial charge is 0.481 e. The fourth-order valence-corrected chi connectivity index (χ4v) is 2.98. The first-order valence-electron chi connectivity index (χ1n) is 8.05. The Morgan fingerprint density at radius 3 is 2.09 bits per heavy atom. The molecule has 22 heavy (non-hydrogen) atoms. The van der Waals surface area contributed by atoms with Gasteiger partial charge in [-0.3, -0.25) is 9.59 Å². The average molecular weight is 304 g/mol. The fourth-order valence-electron chi connectivity index (χ4n) is 2.98. The van der Waals surface area contributed by atoms with Crippen LogP contribution in [-0.4, -0.2) is 16.9 Å². The Balaban J connectivity index is 2.60. The van der Waals surface area contributed by atoms with Crippen molar-refractivity contribution < 1.29 is 14.7 Å². The van der Waals surface area contributed by atoms with Gasteiger partial charge in [0, 0.05) is 12.0 Å². The van der Waals surface area contributed by atoms with Crippen LogP contribution in [0.15, 0.2) is 12.1 Å². The van der Waals surface area contributed by atoms with E-state index in [-0.39, 0.29) is 5.78 Å². The van der Waals surface area contributed by atoms with Crippen LogP contribution in [0.3, 0.4) is 0 Å². The second kappa shape index (κ2) is 7.57. The minimum atomic E-state index is -0.744. The summed E-state index contributed by atoms with van der Waals surface area (Å²) in [6.07, 6.45) is 3.25. The molecule has 0 aliphatic carbocycles. The lowest BCUT2D eigenvalue weighted by Gasteiger charge is -2.22. The van der Waals surface area contributed by atoms with Crippen molar-refractivity contribution in [1.29, 1.82) is 0 Å². The molecule has 1 aromatic rings. The highest BCUT2D eigenvalue weighted by Crippen LogP contribution is 2.29. The highest BCUT2D eigenvalue weighted by Gasteiger charge is 2.30. The molecule has 122 valence electrons. The highest BCUT2D eigenvalue weighted by molar-refractivity contribution is 5.98. The van der Waals surface area contributed by atoms with Crippen molar-refractivity contribution in [3.63, 3.8) is 0 Å². The average Bonchev–Trinajstić information content (AvgIpc) is 2.41. The van der Waals surface area contributed by atoms with Crippen LogP contribution in [0.5, 0.6) is 0 Å². The molecule has 0 aliphatic rings. The number of rotatable bonds is 8. The predicted molar refractivity (Wildman–Crippen MR) is 89.5 cm³/mol. The van der Waals surface area contributed by atoms with E-state index in [2.05, 4.69) is 0 Å². The number of aryl methyl sites for hydroxylation is 3. The molecule has 1 aromatic carbocycles. The van der Waals surface area contributed by atoms with Crippen molar-refractivity contribution in [1.82, 2.24) is 0 Å². The first kappa shape index (κ1) is 18.4. The number of carboxylic acid groups (broad SMARTS) is 1. The van der Waals surface area contributed by atoms with Gasteiger partial charge in [-0.1, -0.05) is 31.0 Å². The molecule has 1 rings (SSSR count). The third-order valence-electron chi connectivity index (χ3n) is 4.63. The molecular formula is C19H28O3. The van der Waals surface area contributed by atoms with Gasteiger partial charge in [-0.15, -0.1) is 0 Å². The summed E-state index contributed by atoms with van der Waals surface area (Å²) in [6, 6.07) is 4.08. The number of Topliss-reactive ketones (excluding diaryl/α,β-unsaturated/α-hetero) is 1. The Morgan fingerprint density at radius 2 is 1.64 bits per heavy atom. The number of carbonyl (C=O) groups excluding carboxylic acids is 1. The van der Waals surface area contributed by atoms with Crippen LogP contribution in [-0.2, 0) is 4.79 Å². The number of ketones is 1. The van der Waals surface area contributed by atoms with Crippen molar-refractivity contribution in [3.8, 4) is 0 Å². The lowest BCUT2D eigenvalue weighted by molar-refractivity contribution is -0.148. The molecule has 1 atom stereocenters. The fraction of sp³-hybridized carbons (Fsp3) is 0.579. The Morgan fingerprint density at radius 1 is 1.09 bits per heavy atom. The molecule has 1 N–H and O–H groups in total. The first-order valence-corrected chi connectivity index (χ1v) is 8.05. The van der Waals surface area contributed by atoms with Gasteiger partial charge in [0.2, 0.25) is 0 Å². The van der Waals surface area contributed by atoms with Crippen molar-refractivity contribution in [2.75, 3.05) is 0 Å². The smallest absolute Gasteiger partial charge is 0.309 e. The summed E-state index contributed by atoms with van der Waals surface area (Å²) in [6.45, 7) is 9.67. The molecule has 0 aliphatic heterocycles. The van der Waals surface area contributed by atoms with Gasteiger partial charge in [0.25, 0.3) is 0 Å². The summed E-state index contributed by atoms with van der Waals surface area (Å²) in [4.78, 5) is 23.7. The molecule has 0 saturated carbocycles. The summed E-state index contributed by atoms with van der Waals surface area (Å²) in [5.74, 6) is -0.574. The molecular weight excluding hydrogens is 276 g/mol. The molecule has 0 saturated heterocycles. The van der Waals surface area contributed by atoms with Gasteiger partial charge in [-0.25, -0.2) is 0 Å². The Hall–Kier alpha value is -1.64. The van der Waals surface area contributed by atoms with E-state index >= 15 is 0 Å². The number of benzene rings is 1. The van der Waals surface area contributed by atoms with Crippen LogP contribution in [0.25, 0.3) is 0 Å². The molecule has 0 amide bonds. The molecule has 3 nitrogen and oxygen atoms in total. The molecule has 0 aromatic heterocycles.